The lowest BCUT2D eigenvalue weighted by Crippen LogP contribution is -2.47. The van der Waals surface area contributed by atoms with E-state index in [-0.39, 0.29) is 12.6 Å². The van der Waals surface area contributed by atoms with E-state index in [1.165, 1.54) is 44.2 Å². The van der Waals surface area contributed by atoms with Crippen molar-refractivity contribution in [2.24, 2.45) is 11.8 Å². The molecule has 3 aliphatic heterocycles. The van der Waals surface area contributed by atoms with Crippen molar-refractivity contribution in [2.45, 2.75) is 44.9 Å². The zero-order valence-corrected chi connectivity index (χ0v) is 20.4. The summed E-state index contributed by atoms with van der Waals surface area (Å²) in [7, 11) is 0. The second kappa shape index (κ2) is 10.1. The SMILES string of the molecule is O=C(CC1CCC(CCN2CCN(c3nccc4c3CCO4)CC2)CC1)c1ccc2c(c1)OCO2. The van der Waals surface area contributed by atoms with Crippen molar-refractivity contribution in [1.29, 1.82) is 0 Å². The molecule has 1 aliphatic carbocycles. The van der Waals surface area contributed by atoms with Gasteiger partial charge in [0.05, 0.1) is 6.61 Å². The Kier molecular flexibility index (Phi) is 6.51. The Morgan fingerprint density at radius 2 is 1.71 bits per heavy atom. The normalized spacial score (nSPS) is 23.7. The number of rotatable bonds is 7. The fraction of sp³-hybridized carbons (Fsp3) is 0.571. The van der Waals surface area contributed by atoms with Gasteiger partial charge in [-0.15, -0.1) is 0 Å². The van der Waals surface area contributed by atoms with Gasteiger partial charge in [0.1, 0.15) is 11.6 Å². The Hall–Kier alpha value is -2.80. The molecule has 1 saturated heterocycles. The quantitative estimate of drug-likeness (QED) is 0.550. The van der Waals surface area contributed by atoms with Crippen molar-refractivity contribution in [2.75, 3.05) is 51.0 Å². The van der Waals surface area contributed by atoms with Crippen LogP contribution >= 0.6 is 0 Å². The van der Waals surface area contributed by atoms with Crippen molar-refractivity contribution in [3.63, 3.8) is 0 Å². The molecule has 0 amide bonds. The van der Waals surface area contributed by atoms with E-state index in [9.17, 15) is 4.79 Å². The zero-order chi connectivity index (χ0) is 23.6. The molecule has 7 nitrogen and oxygen atoms in total. The molecule has 186 valence electrons. The summed E-state index contributed by atoms with van der Waals surface area (Å²) in [5.41, 5.74) is 2.04. The van der Waals surface area contributed by atoms with Crippen LogP contribution < -0.4 is 19.1 Å². The highest BCUT2D eigenvalue weighted by Crippen LogP contribution is 2.36. The summed E-state index contributed by atoms with van der Waals surface area (Å²) in [6, 6.07) is 7.55. The molecule has 7 heteroatoms. The molecule has 4 aliphatic rings. The van der Waals surface area contributed by atoms with E-state index in [4.69, 9.17) is 14.2 Å². The van der Waals surface area contributed by atoms with E-state index in [2.05, 4.69) is 14.8 Å². The molecule has 0 N–H and O–H groups in total. The maximum absolute atomic E-state index is 12.8. The number of carbonyl (C=O) groups excluding carboxylic acids is 1. The van der Waals surface area contributed by atoms with Crippen molar-refractivity contribution in [1.82, 2.24) is 9.88 Å². The summed E-state index contributed by atoms with van der Waals surface area (Å²) in [4.78, 5) is 22.5. The lowest BCUT2D eigenvalue weighted by molar-refractivity contribution is 0.0939. The zero-order valence-electron chi connectivity index (χ0n) is 20.4. The number of hydrogen-bond acceptors (Lipinski definition) is 7. The number of aromatic nitrogens is 1. The molecular weight excluding hydrogens is 442 g/mol. The smallest absolute Gasteiger partial charge is 0.231 e. The highest BCUT2D eigenvalue weighted by Gasteiger charge is 2.27. The predicted molar refractivity (Wildman–Crippen MR) is 134 cm³/mol. The number of benzene rings is 1. The molecular formula is C28H35N3O4. The Morgan fingerprint density at radius 1 is 0.914 bits per heavy atom. The van der Waals surface area contributed by atoms with Crippen LogP contribution in [-0.2, 0) is 6.42 Å². The average Bonchev–Trinajstić information content (AvgIpc) is 3.57. The summed E-state index contributed by atoms with van der Waals surface area (Å²) < 4.78 is 16.5. The number of fused-ring (bicyclic) bond motifs is 2. The molecule has 1 aromatic heterocycles. The van der Waals surface area contributed by atoms with Gasteiger partial charge in [0.25, 0.3) is 0 Å². The minimum Gasteiger partial charge on any atom is -0.493 e. The first-order valence-corrected chi connectivity index (χ1v) is 13.2. The molecule has 2 aromatic rings. The van der Waals surface area contributed by atoms with Crippen molar-refractivity contribution in [3.05, 3.63) is 41.6 Å². The molecule has 0 atom stereocenters. The number of ketones is 1. The monoisotopic (exact) mass is 477 g/mol. The molecule has 0 bridgehead atoms. The van der Waals surface area contributed by atoms with E-state index in [1.807, 2.05) is 30.5 Å². The van der Waals surface area contributed by atoms with Crippen molar-refractivity contribution >= 4 is 11.6 Å². The van der Waals surface area contributed by atoms with Crippen LogP contribution in [-0.4, -0.2) is 61.8 Å². The number of carbonyl (C=O) groups is 1. The minimum absolute atomic E-state index is 0.231. The van der Waals surface area contributed by atoms with Crippen LogP contribution in [0.3, 0.4) is 0 Å². The summed E-state index contributed by atoms with van der Waals surface area (Å²) in [5, 5.41) is 0. The first-order chi connectivity index (χ1) is 17.2. The molecule has 35 heavy (non-hydrogen) atoms. The molecule has 1 saturated carbocycles. The third-order valence-electron chi connectivity index (χ3n) is 8.26. The second-order valence-electron chi connectivity index (χ2n) is 10.4. The summed E-state index contributed by atoms with van der Waals surface area (Å²) in [6.45, 7) is 6.49. The molecule has 0 unspecified atom stereocenters. The Balaban J connectivity index is 0.918. The highest BCUT2D eigenvalue weighted by molar-refractivity contribution is 5.96. The lowest BCUT2D eigenvalue weighted by Gasteiger charge is -2.37. The number of pyridine rings is 1. The van der Waals surface area contributed by atoms with Gasteiger partial charge in [0.2, 0.25) is 6.79 Å². The van der Waals surface area contributed by atoms with Crippen molar-refractivity contribution in [3.8, 4) is 17.2 Å². The summed E-state index contributed by atoms with van der Waals surface area (Å²) >= 11 is 0. The van der Waals surface area contributed by atoms with Gasteiger partial charge in [0, 0.05) is 56.3 Å². The van der Waals surface area contributed by atoms with Gasteiger partial charge in [-0.05, 0) is 61.9 Å². The van der Waals surface area contributed by atoms with Crippen LogP contribution in [0.25, 0.3) is 0 Å². The van der Waals surface area contributed by atoms with E-state index < -0.39 is 0 Å². The Morgan fingerprint density at radius 3 is 2.57 bits per heavy atom. The topological polar surface area (TPSA) is 64.1 Å². The average molecular weight is 478 g/mol. The van der Waals surface area contributed by atoms with Gasteiger partial charge in [-0.3, -0.25) is 9.69 Å². The number of nitrogens with zero attached hydrogens (tertiary/aromatic N) is 3. The molecule has 2 fully saturated rings. The fourth-order valence-corrected chi connectivity index (χ4v) is 6.09. The van der Waals surface area contributed by atoms with Crippen LogP contribution in [0, 0.1) is 11.8 Å². The Bertz CT molecular complexity index is 1060. The first-order valence-electron chi connectivity index (χ1n) is 13.2. The lowest BCUT2D eigenvalue weighted by atomic mass is 9.78. The van der Waals surface area contributed by atoms with Crippen LogP contribution in [0.1, 0.15) is 54.4 Å². The summed E-state index contributed by atoms with van der Waals surface area (Å²) in [5.74, 6) is 5.11. The maximum atomic E-state index is 12.8. The number of Topliss-reactive ketones (excluding diaryl/α,β-unsaturated/α-hetero) is 1. The van der Waals surface area contributed by atoms with Crippen molar-refractivity contribution < 1.29 is 19.0 Å². The third kappa shape index (κ3) is 4.96. The van der Waals surface area contributed by atoms with E-state index in [0.717, 1.165) is 68.0 Å². The van der Waals surface area contributed by atoms with Crippen LogP contribution in [0.4, 0.5) is 5.82 Å². The van der Waals surface area contributed by atoms with E-state index in [1.54, 1.807) is 0 Å². The minimum atomic E-state index is 0.231. The maximum Gasteiger partial charge on any atom is 0.231 e. The van der Waals surface area contributed by atoms with Gasteiger partial charge in [-0.25, -0.2) is 4.98 Å². The highest BCUT2D eigenvalue weighted by atomic mass is 16.7. The van der Waals surface area contributed by atoms with Gasteiger partial charge in [-0.1, -0.05) is 12.8 Å². The molecule has 1 aromatic carbocycles. The van der Waals surface area contributed by atoms with Gasteiger partial charge >= 0.3 is 0 Å². The first kappa shape index (κ1) is 22.7. The Labute approximate surface area is 207 Å². The standard InChI is InChI=1S/C28H35N3O4/c32-24(22-5-6-26-27(18-22)35-19-34-26)17-21-3-1-20(2-4-21)8-11-30-12-14-31(15-13-30)28-23-9-16-33-25(23)7-10-29-28/h5-7,10,18,20-21H,1-4,8-9,11-17,19H2. The van der Waals surface area contributed by atoms with E-state index in [0.29, 0.717) is 18.1 Å². The molecule has 4 heterocycles. The van der Waals surface area contributed by atoms with Crippen LogP contribution in [0.5, 0.6) is 17.2 Å². The van der Waals surface area contributed by atoms with Gasteiger partial charge in [0.15, 0.2) is 17.3 Å². The van der Waals surface area contributed by atoms with Crippen LogP contribution in [0.15, 0.2) is 30.5 Å². The number of anilines is 1. The van der Waals surface area contributed by atoms with E-state index >= 15 is 0 Å². The number of piperazine rings is 1. The molecule has 6 rings (SSSR count). The van der Waals surface area contributed by atoms with Gasteiger partial charge in [-0.2, -0.15) is 0 Å². The largest absolute Gasteiger partial charge is 0.493 e. The predicted octanol–water partition coefficient (Wildman–Crippen LogP) is 4.34. The second-order valence-corrected chi connectivity index (χ2v) is 10.4. The number of hydrogen-bond donors (Lipinski definition) is 0. The fourth-order valence-electron chi connectivity index (χ4n) is 6.09. The van der Waals surface area contributed by atoms with Gasteiger partial charge < -0.3 is 19.1 Å². The van der Waals surface area contributed by atoms with Crippen LogP contribution in [0.2, 0.25) is 0 Å². The molecule has 0 radical (unpaired) electrons. The summed E-state index contributed by atoms with van der Waals surface area (Å²) in [6.07, 6.45) is 9.61. The third-order valence-corrected chi connectivity index (χ3v) is 8.26. The molecule has 0 spiro atoms. The number of ether oxygens (including phenoxy) is 3.